The number of pyridine rings is 1. The Morgan fingerprint density at radius 2 is 2.08 bits per heavy atom. The number of rotatable bonds is 5. The Hall–Kier alpha value is -3.13. The summed E-state index contributed by atoms with van der Waals surface area (Å²) in [5.74, 6) is -0.842. The predicted molar refractivity (Wildman–Crippen MR) is 93.0 cm³/mol. The molecule has 1 aliphatic rings. The number of phenolic OH excluding ortho intramolecular Hbond substituents is 2. The zero-order chi connectivity index (χ0) is 18.5. The van der Waals surface area contributed by atoms with E-state index in [1.807, 2.05) is 0 Å². The van der Waals surface area contributed by atoms with Crippen LogP contribution >= 0.6 is 0 Å². The summed E-state index contributed by atoms with van der Waals surface area (Å²) in [5.41, 5.74) is 0.906. The molecule has 1 aliphatic heterocycles. The highest BCUT2D eigenvalue weighted by molar-refractivity contribution is 5.96. The number of aromatic hydroxyl groups is 2. The van der Waals surface area contributed by atoms with E-state index in [1.165, 1.54) is 30.5 Å². The molecule has 0 spiro atoms. The molecule has 2 heterocycles. The van der Waals surface area contributed by atoms with Crippen molar-refractivity contribution in [2.24, 2.45) is 0 Å². The lowest BCUT2D eigenvalue weighted by Crippen LogP contribution is -2.35. The average Bonchev–Trinajstić information content (AvgIpc) is 3.11. The maximum atomic E-state index is 12.2. The lowest BCUT2D eigenvalue weighted by Gasteiger charge is -2.11. The summed E-state index contributed by atoms with van der Waals surface area (Å²) in [7, 11) is 0. The van der Waals surface area contributed by atoms with Gasteiger partial charge in [-0.3, -0.25) is 14.6 Å². The highest BCUT2D eigenvalue weighted by Gasteiger charge is 2.19. The van der Waals surface area contributed by atoms with Gasteiger partial charge in [-0.25, -0.2) is 0 Å². The number of benzene rings is 1. The quantitative estimate of drug-likeness (QED) is 0.597. The molecule has 4 N–H and O–H groups in total. The largest absolute Gasteiger partial charge is 0.508 e. The molecule has 8 heteroatoms. The van der Waals surface area contributed by atoms with Gasteiger partial charge in [0.15, 0.2) is 0 Å². The Morgan fingerprint density at radius 3 is 2.85 bits per heavy atom. The van der Waals surface area contributed by atoms with Crippen molar-refractivity contribution in [2.75, 3.05) is 18.5 Å². The van der Waals surface area contributed by atoms with Crippen LogP contribution in [-0.4, -0.2) is 46.3 Å². The lowest BCUT2D eigenvalue weighted by molar-refractivity contribution is -0.115. The first-order chi connectivity index (χ1) is 12.5. The second-order valence-corrected chi connectivity index (χ2v) is 6.00. The minimum Gasteiger partial charge on any atom is -0.508 e. The molecule has 1 saturated heterocycles. The number of phenols is 2. The molecule has 1 unspecified atom stereocenters. The van der Waals surface area contributed by atoms with E-state index in [0.29, 0.717) is 24.5 Å². The number of aromatic nitrogens is 1. The van der Waals surface area contributed by atoms with Gasteiger partial charge < -0.3 is 25.6 Å². The first-order valence-corrected chi connectivity index (χ1v) is 8.16. The van der Waals surface area contributed by atoms with Crippen LogP contribution in [0.5, 0.6) is 11.5 Å². The lowest BCUT2D eigenvalue weighted by atomic mass is 10.1. The maximum Gasteiger partial charge on any atom is 0.270 e. The van der Waals surface area contributed by atoms with Gasteiger partial charge in [0.1, 0.15) is 17.2 Å². The number of hydrogen-bond acceptors (Lipinski definition) is 6. The molecule has 0 saturated carbocycles. The van der Waals surface area contributed by atoms with E-state index in [0.717, 1.165) is 6.42 Å². The second-order valence-electron chi connectivity index (χ2n) is 6.00. The summed E-state index contributed by atoms with van der Waals surface area (Å²) in [6, 6.07) is 6.99. The van der Waals surface area contributed by atoms with Crippen LogP contribution in [0.2, 0.25) is 0 Å². The maximum absolute atomic E-state index is 12.2. The molecule has 0 radical (unpaired) electrons. The summed E-state index contributed by atoms with van der Waals surface area (Å²) in [4.78, 5) is 28.4. The first kappa shape index (κ1) is 17.7. The van der Waals surface area contributed by atoms with Gasteiger partial charge in [0.05, 0.1) is 19.1 Å². The van der Waals surface area contributed by atoms with Crippen molar-refractivity contribution in [1.29, 1.82) is 0 Å². The van der Waals surface area contributed by atoms with Gasteiger partial charge in [-0.1, -0.05) is 0 Å². The summed E-state index contributed by atoms with van der Waals surface area (Å²) < 4.78 is 5.21. The first-order valence-electron chi connectivity index (χ1n) is 8.16. The Bertz CT molecular complexity index is 818. The molecule has 1 atom stereocenters. The van der Waals surface area contributed by atoms with Crippen LogP contribution in [0.4, 0.5) is 5.69 Å². The average molecular weight is 357 g/mol. The number of ether oxygens (including phenoxy) is 1. The molecule has 3 rings (SSSR count). The SMILES string of the molecule is O=C(Cc1cc(O)ccc1O)Nc1ccnc(C(=O)NC2CCOC2)c1. The highest BCUT2D eigenvalue weighted by Crippen LogP contribution is 2.23. The van der Waals surface area contributed by atoms with Crippen LogP contribution in [0.25, 0.3) is 0 Å². The van der Waals surface area contributed by atoms with Crippen LogP contribution in [0, 0.1) is 0 Å². The van der Waals surface area contributed by atoms with Crippen molar-refractivity contribution in [3.05, 3.63) is 47.8 Å². The van der Waals surface area contributed by atoms with Crippen molar-refractivity contribution < 1.29 is 24.5 Å². The zero-order valence-corrected chi connectivity index (χ0v) is 13.9. The molecule has 1 aromatic carbocycles. The van der Waals surface area contributed by atoms with Crippen molar-refractivity contribution >= 4 is 17.5 Å². The van der Waals surface area contributed by atoms with Gasteiger partial charge in [0, 0.05) is 24.1 Å². The number of carbonyl (C=O) groups excluding carboxylic acids is 2. The van der Waals surface area contributed by atoms with E-state index in [-0.39, 0.29) is 35.6 Å². The summed E-state index contributed by atoms with van der Waals surface area (Å²) >= 11 is 0. The Morgan fingerprint density at radius 1 is 1.23 bits per heavy atom. The monoisotopic (exact) mass is 357 g/mol. The third-order valence-electron chi connectivity index (χ3n) is 3.96. The number of amides is 2. The third-order valence-corrected chi connectivity index (χ3v) is 3.96. The Labute approximate surface area is 149 Å². The minimum atomic E-state index is -0.396. The smallest absolute Gasteiger partial charge is 0.270 e. The van der Waals surface area contributed by atoms with Crippen LogP contribution < -0.4 is 10.6 Å². The molecule has 1 fully saturated rings. The van der Waals surface area contributed by atoms with Crippen LogP contribution in [0.15, 0.2) is 36.5 Å². The number of hydrogen-bond donors (Lipinski definition) is 4. The predicted octanol–water partition coefficient (Wildman–Crippen LogP) is 1.19. The fourth-order valence-corrected chi connectivity index (χ4v) is 2.63. The van der Waals surface area contributed by atoms with E-state index in [2.05, 4.69) is 15.6 Å². The van der Waals surface area contributed by atoms with E-state index in [1.54, 1.807) is 6.07 Å². The van der Waals surface area contributed by atoms with E-state index < -0.39 is 5.91 Å². The molecular formula is C18H19N3O5. The van der Waals surface area contributed by atoms with Gasteiger partial charge in [-0.15, -0.1) is 0 Å². The summed E-state index contributed by atoms with van der Waals surface area (Å²) in [5, 5.41) is 24.7. The molecule has 0 bridgehead atoms. The second kappa shape index (κ2) is 7.83. The Kier molecular flexibility index (Phi) is 5.33. The third kappa shape index (κ3) is 4.48. The van der Waals surface area contributed by atoms with Crippen molar-refractivity contribution in [3.8, 4) is 11.5 Å². The normalized spacial score (nSPS) is 16.2. The van der Waals surface area contributed by atoms with E-state index >= 15 is 0 Å². The number of carbonyl (C=O) groups is 2. The number of nitrogens with one attached hydrogen (secondary N) is 2. The zero-order valence-electron chi connectivity index (χ0n) is 13.9. The fraction of sp³-hybridized carbons (Fsp3) is 0.278. The van der Waals surface area contributed by atoms with Gasteiger partial charge >= 0.3 is 0 Å². The van der Waals surface area contributed by atoms with Crippen LogP contribution in [0.3, 0.4) is 0 Å². The van der Waals surface area contributed by atoms with Crippen LogP contribution in [0.1, 0.15) is 22.5 Å². The fourth-order valence-electron chi connectivity index (χ4n) is 2.63. The summed E-state index contributed by atoms with van der Waals surface area (Å²) in [6.07, 6.45) is 2.07. The molecule has 26 heavy (non-hydrogen) atoms. The van der Waals surface area contributed by atoms with E-state index in [9.17, 15) is 19.8 Å². The summed E-state index contributed by atoms with van der Waals surface area (Å²) in [6.45, 7) is 1.10. The van der Waals surface area contributed by atoms with Crippen molar-refractivity contribution in [1.82, 2.24) is 10.3 Å². The standard InChI is InChI=1S/C18H19N3O5/c22-14-1-2-16(23)11(7-14)8-17(24)20-12-3-5-19-15(9-12)18(25)21-13-4-6-26-10-13/h1-3,5,7,9,13,22-23H,4,6,8,10H2,(H,21,25)(H,19,20,24). The molecule has 1 aromatic heterocycles. The molecule has 2 amide bonds. The highest BCUT2D eigenvalue weighted by atomic mass is 16.5. The molecule has 0 aliphatic carbocycles. The van der Waals surface area contributed by atoms with Crippen molar-refractivity contribution in [3.63, 3.8) is 0 Å². The van der Waals surface area contributed by atoms with Gasteiger partial charge in [-0.05, 0) is 36.8 Å². The Balaban J connectivity index is 1.63. The van der Waals surface area contributed by atoms with Crippen LogP contribution in [-0.2, 0) is 16.0 Å². The van der Waals surface area contributed by atoms with Gasteiger partial charge in [-0.2, -0.15) is 0 Å². The molecule has 8 nitrogen and oxygen atoms in total. The van der Waals surface area contributed by atoms with E-state index in [4.69, 9.17) is 4.74 Å². The number of anilines is 1. The minimum absolute atomic E-state index is 0.0312. The molecule has 136 valence electrons. The molecule has 2 aromatic rings. The van der Waals surface area contributed by atoms with Gasteiger partial charge in [0.25, 0.3) is 5.91 Å². The van der Waals surface area contributed by atoms with Crippen molar-refractivity contribution in [2.45, 2.75) is 18.9 Å². The molecular weight excluding hydrogens is 338 g/mol. The topological polar surface area (TPSA) is 121 Å². The van der Waals surface area contributed by atoms with Gasteiger partial charge in [0.2, 0.25) is 5.91 Å². The number of nitrogens with zero attached hydrogens (tertiary/aromatic N) is 1.